The van der Waals surface area contributed by atoms with Crippen molar-refractivity contribution < 1.29 is 63.6 Å². The highest BCUT2D eigenvalue weighted by Gasteiger charge is 2.36. The number of phenols is 1. The Hall–Kier alpha value is -6.03. The number of urea groups is 1. The lowest BCUT2D eigenvalue weighted by Crippen LogP contribution is -2.62. The van der Waals surface area contributed by atoms with E-state index in [4.69, 9.17) is 11.5 Å². The Morgan fingerprint density at radius 2 is 1.17 bits per heavy atom. The number of hydrogen-bond acceptors (Lipinski definition) is 12. The van der Waals surface area contributed by atoms with E-state index in [2.05, 4.69) is 37.2 Å². The van der Waals surface area contributed by atoms with E-state index in [0.29, 0.717) is 5.56 Å². The van der Waals surface area contributed by atoms with Crippen molar-refractivity contribution in [3.63, 3.8) is 0 Å². The number of carbonyl (C=O) groups excluding carboxylic acids is 7. The van der Waals surface area contributed by atoms with E-state index >= 15 is 0 Å². The minimum absolute atomic E-state index is 0.0586. The van der Waals surface area contributed by atoms with E-state index in [1.54, 1.807) is 13.8 Å². The lowest BCUT2D eigenvalue weighted by Gasteiger charge is -2.29. The average Bonchev–Trinajstić information content (AvgIpc) is 3.15. The van der Waals surface area contributed by atoms with Crippen molar-refractivity contribution in [1.29, 1.82) is 0 Å². The molecule has 0 saturated heterocycles. The van der Waals surface area contributed by atoms with Gasteiger partial charge in [-0.25, -0.2) is 4.79 Å². The number of carboxylic acid groups (broad SMARTS) is 2. The monoisotopic (exact) mass is 851 g/mol. The quantitative estimate of drug-likeness (QED) is 0.0435. The molecule has 0 aromatic heterocycles. The second-order valence-electron chi connectivity index (χ2n) is 15.2. The van der Waals surface area contributed by atoms with Crippen molar-refractivity contribution in [3.8, 4) is 5.75 Å². The van der Waals surface area contributed by atoms with Crippen molar-refractivity contribution in [2.24, 2.45) is 23.3 Å². The van der Waals surface area contributed by atoms with Crippen molar-refractivity contribution >= 4 is 53.4 Å². The first-order chi connectivity index (χ1) is 27.9. The van der Waals surface area contributed by atoms with Gasteiger partial charge in [-0.3, -0.25) is 38.4 Å². The van der Waals surface area contributed by atoms with Gasteiger partial charge in [-0.1, -0.05) is 39.8 Å². The average molecular weight is 852 g/mol. The molecule has 1 rings (SSSR count). The number of amides is 8. The number of carbonyl (C=O) groups is 9. The van der Waals surface area contributed by atoms with Crippen LogP contribution >= 0.6 is 0 Å². The van der Waals surface area contributed by atoms with Crippen LogP contribution in [0.15, 0.2) is 24.3 Å². The number of phenolic OH excluding ortho intramolecular Hbond substituents is 1. The van der Waals surface area contributed by atoms with E-state index in [1.807, 2.05) is 0 Å². The molecule has 15 N–H and O–H groups in total. The van der Waals surface area contributed by atoms with Crippen LogP contribution in [0.4, 0.5) is 4.79 Å². The van der Waals surface area contributed by atoms with Crippen LogP contribution in [0.5, 0.6) is 5.75 Å². The Labute approximate surface area is 347 Å². The van der Waals surface area contributed by atoms with Crippen LogP contribution in [0.2, 0.25) is 0 Å². The second-order valence-corrected chi connectivity index (χ2v) is 15.2. The number of nitrogens with two attached hydrogens (primary N) is 2. The number of hydrogen-bond donors (Lipinski definition) is 13. The highest BCUT2D eigenvalue weighted by Crippen LogP contribution is 2.13. The molecule has 60 heavy (non-hydrogen) atoms. The van der Waals surface area contributed by atoms with Gasteiger partial charge < -0.3 is 69.1 Å². The molecule has 0 aliphatic rings. The number of benzene rings is 1. The zero-order chi connectivity index (χ0) is 45.9. The number of rotatable bonds is 26. The largest absolute Gasteiger partial charge is 0.508 e. The summed E-state index contributed by atoms with van der Waals surface area (Å²) < 4.78 is 0. The van der Waals surface area contributed by atoms with E-state index in [-0.39, 0.29) is 43.9 Å². The molecule has 1 aromatic rings. The fourth-order valence-electron chi connectivity index (χ4n) is 5.61. The standard InChI is InChI=1S/C38H61N9O13/c1-18(2)16-26(33(54)42-20(5)37(58)59)45-32(53)25(13-14-28(50)51)43-35(56)29(19(3)4)46-36(57)30(21(6)48)47-34(55)27(17-22-9-11-23(49)12-10-22)44-31(52)24(39)8-7-15-41-38(40)60/h9-12,18-21,24-27,29-30,48-49H,7-8,13-17,39H2,1-6H3,(H,42,54)(H,43,56)(H,44,52)(H,45,53)(H,46,57)(H,47,55)(H,50,51)(H,58,59)(H3,40,41,60)/t20-,21+,24-,25-,26-,27-,29-,30-/m0/s1. The third-order valence-electron chi connectivity index (χ3n) is 9.00. The van der Waals surface area contributed by atoms with Gasteiger partial charge >= 0.3 is 18.0 Å². The topological polar surface area (TPSA) is 371 Å². The van der Waals surface area contributed by atoms with Gasteiger partial charge in [0, 0.05) is 19.4 Å². The lowest BCUT2D eigenvalue weighted by molar-refractivity contribution is -0.142. The molecule has 0 heterocycles. The predicted octanol–water partition coefficient (Wildman–Crippen LogP) is -2.33. The van der Waals surface area contributed by atoms with E-state index in [0.717, 1.165) is 0 Å². The van der Waals surface area contributed by atoms with Gasteiger partial charge in [-0.05, 0) is 69.1 Å². The maximum Gasteiger partial charge on any atom is 0.325 e. The molecule has 0 fully saturated rings. The number of aliphatic hydroxyl groups excluding tert-OH is 1. The van der Waals surface area contributed by atoms with Gasteiger partial charge in [0.25, 0.3) is 0 Å². The molecule has 22 nitrogen and oxygen atoms in total. The Bertz CT molecular complexity index is 1660. The van der Waals surface area contributed by atoms with Gasteiger partial charge in [0.1, 0.15) is 42.0 Å². The Kier molecular flexibility index (Phi) is 22.1. The Morgan fingerprint density at radius 1 is 0.650 bits per heavy atom. The summed E-state index contributed by atoms with van der Waals surface area (Å²) in [6, 6.07) is -4.83. The molecular weight excluding hydrogens is 790 g/mol. The van der Waals surface area contributed by atoms with Crippen LogP contribution in [0.1, 0.15) is 79.2 Å². The number of primary amides is 1. The molecule has 0 spiro atoms. The van der Waals surface area contributed by atoms with Crippen molar-refractivity contribution in [2.45, 2.75) is 128 Å². The maximum atomic E-state index is 13.7. The van der Waals surface area contributed by atoms with Gasteiger partial charge in [0.05, 0.1) is 12.1 Å². The molecule has 8 amide bonds. The molecule has 0 bridgehead atoms. The van der Waals surface area contributed by atoms with Crippen LogP contribution < -0.4 is 48.7 Å². The number of aliphatic hydroxyl groups is 1. The molecule has 0 saturated carbocycles. The van der Waals surface area contributed by atoms with Crippen molar-refractivity contribution in [2.75, 3.05) is 6.54 Å². The number of nitrogens with one attached hydrogen (secondary N) is 7. The minimum Gasteiger partial charge on any atom is -0.508 e. The Morgan fingerprint density at radius 3 is 1.68 bits per heavy atom. The fourth-order valence-corrected chi connectivity index (χ4v) is 5.61. The van der Waals surface area contributed by atoms with Crippen LogP contribution in [0.25, 0.3) is 0 Å². The molecule has 0 radical (unpaired) electrons. The predicted molar refractivity (Wildman–Crippen MR) is 214 cm³/mol. The zero-order valence-corrected chi connectivity index (χ0v) is 34.7. The number of carboxylic acids is 2. The highest BCUT2D eigenvalue weighted by molar-refractivity contribution is 5.97. The van der Waals surface area contributed by atoms with E-state index in [1.165, 1.54) is 52.0 Å². The summed E-state index contributed by atoms with van der Waals surface area (Å²) in [5.74, 6) is -9.04. The molecule has 22 heteroatoms. The fraction of sp³-hybridized carbons (Fsp3) is 0.605. The van der Waals surface area contributed by atoms with E-state index < -0.39 is 121 Å². The molecule has 0 aliphatic heterocycles. The third kappa shape index (κ3) is 19.1. The lowest BCUT2D eigenvalue weighted by atomic mass is 9.99. The molecular formula is C38H61N9O13. The summed E-state index contributed by atoms with van der Waals surface area (Å²) in [4.78, 5) is 114. The summed E-state index contributed by atoms with van der Waals surface area (Å²) >= 11 is 0. The minimum atomic E-state index is -1.71. The first kappa shape index (κ1) is 52.0. The zero-order valence-electron chi connectivity index (χ0n) is 34.7. The molecule has 1 aromatic carbocycles. The number of aliphatic carboxylic acids is 2. The third-order valence-corrected chi connectivity index (χ3v) is 9.00. The molecule has 0 aliphatic carbocycles. The summed E-state index contributed by atoms with van der Waals surface area (Å²) in [5, 5.41) is 55.8. The summed E-state index contributed by atoms with van der Waals surface area (Å²) in [6.45, 7) is 9.11. The van der Waals surface area contributed by atoms with E-state index in [9.17, 15) is 63.6 Å². The second kappa shape index (κ2) is 25.5. The smallest absolute Gasteiger partial charge is 0.325 e. The molecule has 8 atom stereocenters. The van der Waals surface area contributed by atoms with Gasteiger partial charge in [0.2, 0.25) is 35.4 Å². The summed E-state index contributed by atoms with van der Waals surface area (Å²) in [6.07, 6.45) is -2.34. The van der Waals surface area contributed by atoms with Crippen LogP contribution in [0, 0.1) is 11.8 Å². The summed E-state index contributed by atoms with van der Waals surface area (Å²) in [7, 11) is 0. The van der Waals surface area contributed by atoms with Crippen LogP contribution in [-0.4, -0.2) is 129 Å². The summed E-state index contributed by atoms with van der Waals surface area (Å²) in [5.41, 5.74) is 11.5. The van der Waals surface area contributed by atoms with Crippen molar-refractivity contribution in [3.05, 3.63) is 29.8 Å². The van der Waals surface area contributed by atoms with Crippen LogP contribution in [-0.2, 0) is 44.8 Å². The van der Waals surface area contributed by atoms with Gasteiger partial charge in [-0.2, -0.15) is 0 Å². The first-order valence-electron chi connectivity index (χ1n) is 19.4. The first-order valence-corrected chi connectivity index (χ1v) is 19.4. The van der Waals surface area contributed by atoms with Crippen LogP contribution in [0.3, 0.4) is 0 Å². The molecule has 0 unspecified atom stereocenters. The van der Waals surface area contributed by atoms with Gasteiger partial charge in [0.15, 0.2) is 0 Å². The van der Waals surface area contributed by atoms with Gasteiger partial charge in [-0.15, -0.1) is 0 Å². The Balaban J connectivity index is 3.30. The van der Waals surface area contributed by atoms with Crippen molar-refractivity contribution in [1.82, 2.24) is 37.2 Å². The molecule has 336 valence electrons. The SMILES string of the molecule is CC(C)C[C@H](NC(=O)[C@H](CCC(=O)O)NC(=O)[C@@H](NC(=O)[C@@H](NC(=O)[C@H](Cc1ccc(O)cc1)NC(=O)[C@@H](N)CCCNC(N)=O)[C@@H](C)O)C(C)C)C(=O)N[C@@H](C)C(=O)O. The maximum absolute atomic E-state index is 13.7. The highest BCUT2D eigenvalue weighted by atomic mass is 16.4. The normalized spacial score (nSPS) is 15.1. The number of aromatic hydroxyl groups is 1.